The molecule has 0 bridgehead atoms. The summed E-state index contributed by atoms with van der Waals surface area (Å²) in [5.41, 5.74) is 0.847. The minimum atomic E-state index is -3.82. The number of amides is 1. The largest absolute Gasteiger partial charge is 0.349 e. The zero-order chi connectivity index (χ0) is 13.5. The van der Waals surface area contributed by atoms with Crippen LogP contribution in [0.15, 0.2) is 23.1 Å². The van der Waals surface area contributed by atoms with Crippen LogP contribution in [0.1, 0.15) is 29.3 Å². The van der Waals surface area contributed by atoms with Gasteiger partial charge in [0.15, 0.2) is 0 Å². The van der Waals surface area contributed by atoms with Gasteiger partial charge < -0.3 is 5.32 Å². The molecular formula is C12H14ClNO3S. The lowest BCUT2D eigenvalue weighted by atomic mass is 10.1. The van der Waals surface area contributed by atoms with Gasteiger partial charge in [-0.25, -0.2) is 8.42 Å². The van der Waals surface area contributed by atoms with Crippen LogP contribution in [-0.2, 0) is 9.05 Å². The Labute approximate surface area is 111 Å². The lowest BCUT2D eigenvalue weighted by Gasteiger charge is -2.07. The quantitative estimate of drug-likeness (QED) is 0.866. The first-order valence-corrected chi connectivity index (χ1v) is 7.96. The molecule has 1 saturated carbocycles. The molecule has 1 N–H and O–H groups in total. The number of hydrogen-bond acceptors (Lipinski definition) is 3. The SMILES string of the molecule is Cc1ccc(C(=O)NC2CC2C)cc1S(=O)(=O)Cl. The Morgan fingerprint density at radius 3 is 2.56 bits per heavy atom. The molecule has 2 rings (SSSR count). The molecule has 1 aromatic rings. The number of hydrogen-bond donors (Lipinski definition) is 1. The van der Waals surface area contributed by atoms with Crippen molar-refractivity contribution in [3.05, 3.63) is 29.3 Å². The van der Waals surface area contributed by atoms with Crippen molar-refractivity contribution >= 4 is 25.6 Å². The van der Waals surface area contributed by atoms with Crippen molar-refractivity contribution in [2.24, 2.45) is 5.92 Å². The Hall–Kier alpha value is -1.07. The van der Waals surface area contributed by atoms with Gasteiger partial charge in [0, 0.05) is 22.3 Å². The van der Waals surface area contributed by atoms with E-state index in [1.165, 1.54) is 6.07 Å². The Morgan fingerprint density at radius 2 is 2.06 bits per heavy atom. The fourth-order valence-electron chi connectivity index (χ4n) is 1.78. The zero-order valence-electron chi connectivity index (χ0n) is 10.1. The van der Waals surface area contributed by atoms with Crippen LogP contribution < -0.4 is 5.32 Å². The van der Waals surface area contributed by atoms with E-state index in [1.54, 1.807) is 19.1 Å². The summed E-state index contributed by atoms with van der Waals surface area (Å²) in [6, 6.07) is 4.71. The fraction of sp³-hybridized carbons (Fsp3) is 0.417. The molecule has 4 nitrogen and oxygen atoms in total. The van der Waals surface area contributed by atoms with E-state index in [0.717, 1.165) is 6.42 Å². The number of nitrogens with one attached hydrogen (secondary N) is 1. The lowest BCUT2D eigenvalue weighted by Crippen LogP contribution is -2.26. The minimum Gasteiger partial charge on any atom is -0.349 e. The van der Waals surface area contributed by atoms with Crippen molar-refractivity contribution in [2.45, 2.75) is 31.2 Å². The Morgan fingerprint density at radius 1 is 1.44 bits per heavy atom. The smallest absolute Gasteiger partial charge is 0.261 e. The second-order valence-electron chi connectivity index (χ2n) is 4.71. The second kappa shape index (κ2) is 4.55. The summed E-state index contributed by atoms with van der Waals surface area (Å²) in [5.74, 6) is 0.238. The van der Waals surface area contributed by atoms with Gasteiger partial charge in [-0.3, -0.25) is 4.79 Å². The summed E-state index contributed by atoms with van der Waals surface area (Å²) in [6.45, 7) is 3.69. The zero-order valence-corrected chi connectivity index (χ0v) is 11.7. The van der Waals surface area contributed by atoms with Crippen LogP contribution in [0, 0.1) is 12.8 Å². The molecule has 2 unspecified atom stereocenters. The maximum absolute atomic E-state index is 11.9. The van der Waals surface area contributed by atoms with Crippen molar-refractivity contribution in [1.82, 2.24) is 5.32 Å². The van der Waals surface area contributed by atoms with Crippen LogP contribution in [-0.4, -0.2) is 20.4 Å². The van der Waals surface area contributed by atoms with Crippen molar-refractivity contribution in [1.29, 1.82) is 0 Å². The fourth-order valence-corrected chi connectivity index (χ4v) is 3.00. The van der Waals surface area contributed by atoms with E-state index in [-0.39, 0.29) is 16.8 Å². The molecular weight excluding hydrogens is 274 g/mol. The third-order valence-corrected chi connectivity index (χ3v) is 4.60. The lowest BCUT2D eigenvalue weighted by molar-refractivity contribution is 0.0949. The van der Waals surface area contributed by atoms with Crippen molar-refractivity contribution in [3.63, 3.8) is 0 Å². The molecule has 1 aromatic carbocycles. The van der Waals surface area contributed by atoms with E-state index in [9.17, 15) is 13.2 Å². The molecule has 1 fully saturated rings. The van der Waals surface area contributed by atoms with Crippen LogP contribution >= 0.6 is 10.7 Å². The highest BCUT2D eigenvalue weighted by Gasteiger charge is 2.34. The van der Waals surface area contributed by atoms with Crippen LogP contribution in [0.25, 0.3) is 0 Å². The number of aryl methyl sites for hydroxylation is 1. The maximum atomic E-state index is 11.9. The molecule has 1 amide bonds. The van der Waals surface area contributed by atoms with Crippen molar-refractivity contribution in [2.75, 3.05) is 0 Å². The number of rotatable bonds is 3. The number of carbonyl (C=O) groups excluding carboxylic acids is 1. The molecule has 0 spiro atoms. The highest BCUT2D eigenvalue weighted by Crippen LogP contribution is 2.29. The average Bonchev–Trinajstić information content (AvgIpc) is 2.93. The summed E-state index contributed by atoms with van der Waals surface area (Å²) in [5, 5.41) is 2.84. The van der Waals surface area contributed by atoms with Crippen LogP contribution in [0.4, 0.5) is 0 Å². The molecule has 0 saturated heterocycles. The van der Waals surface area contributed by atoms with E-state index >= 15 is 0 Å². The Balaban J connectivity index is 2.27. The molecule has 1 aliphatic rings. The summed E-state index contributed by atoms with van der Waals surface area (Å²) >= 11 is 0. The summed E-state index contributed by atoms with van der Waals surface area (Å²) in [7, 11) is 1.50. The van der Waals surface area contributed by atoms with Gasteiger partial charge in [-0.1, -0.05) is 13.0 Å². The van der Waals surface area contributed by atoms with E-state index < -0.39 is 9.05 Å². The van der Waals surface area contributed by atoms with Gasteiger partial charge in [0.25, 0.3) is 15.0 Å². The topological polar surface area (TPSA) is 63.2 Å². The van der Waals surface area contributed by atoms with Gasteiger partial charge in [-0.15, -0.1) is 0 Å². The highest BCUT2D eigenvalue weighted by molar-refractivity contribution is 8.13. The predicted molar refractivity (Wildman–Crippen MR) is 69.3 cm³/mol. The van der Waals surface area contributed by atoms with Crippen molar-refractivity contribution in [3.8, 4) is 0 Å². The van der Waals surface area contributed by atoms with Crippen LogP contribution in [0.3, 0.4) is 0 Å². The minimum absolute atomic E-state index is 0.0133. The predicted octanol–water partition coefficient (Wildman–Crippen LogP) is 2.06. The number of halogens is 1. The molecule has 6 heteroatoms. The van der Waals surface area contributed by atoms with Gasteiger partial charge >= 0.3 is 0 Å². The molecule has 0 radical (unpaired) electrons. The molecule has 0 aromatic heterocycles. The Kier molecular flexibility index (Phi) is 3.38. The van der Waals surface area contributed by atoms with Gasteiger partial charge in [-0.2, -0.15) is 0 Å². The van der Waals surface area contributed by atoms with E-state index in [4.69, 9.17) is 10.7 Å². The van der Waals surface area contributed by atoms with Gasteiger partial charge in [0.05, 0.1) is 4.90 Å². The summed E-state index contributed by atoms with van der Waals surface area (Å²) in [6.07, 6.45) is 0.970. The third kappa shape index (κ3) is 2.84. The van der Waals surface area contributed by atoms with E-state index in [1.807, 2.05) is 0 Å². The molecule has 0 aliphatic heterocycles. The normalized spacial score (nSPS) is 22.6. The summed E-state index contributed by atoms with van der Waals surface area (Å²) in [4.78, 5) is 11.9. The first-order chi connectivity index (χ1) is 8.29. The van der Waals surface area contributed by atoms with E-state index in [2.05, 4.69) is 12.2 Å². The first kappa shape index (κ1) is 13.4. The standard InChI is InChI=1S/C12H14ClNO3S/c1-7-3-4-9(6-11(7)18(13,16)17)12(15)14-10-5-8(10)2/h3-4,6,8,10H,5H2,1-2H3,(H,14,15). The first-order valence-electron chi connectivity index (χ1n) is 5.65. The van der Waals surface area contributed by atoms with Gasteiger partial charge in [0.1, 0.15) is 0 Å². The monoisotopic (exact) mass is 287 g/mol. The number of benzene rings is 1. The summed E-state index contributed by atoms with van der Waals surface area (Å²) < 4.78 is 22.7. The van der Waals surface area contributed by atoms with Gasteiger partial charge in [-0.05, 0) is 37.0 Å². The van der Waals surface area contributed by atoms with Gasteiger partial charge in [0.2, 0.25) is 0 Å². The van der Waals surface area contributed by atoms with Crippen molar-refractivity contribution < 1.29 is 13.2 Å². The van der Waals surface area contributed by atoms with Crippen LogP contribution in [0.2, 0.25) is 0 Å². The average molecular weight is 288 g/mol. The molecule has 18 heavy (non-hydrogen) atoms. The third-order valence-electron chi connectivity index (χ3n) is 3.14. The molecule has 2 atom stereocenters. The highest BCUT2D eigenvalue weighted by atomic mass is 35.7. The molecule has 0 heterocycles. The molecule has 98 valence electrons. The van der Waals surface area contributed by atoms with E-state index in [0.29, 0.717) is 17.0 Å². The van der Waals surface area contributed by atoms with Crippen LogP contribution in [0.5, 0.6) is 0 Å². The second-order valence-corrected chi connectivity index (χ2v) is 7.25. The maximum Gasteiger partial charge on any atom is 0.261 e. The Bertz CT molecular complexity index is 597. The number of carbonyl (C=O) groups is 1. The molecule has 1 aliphatic carbocycles.